The van der Waals surface area contributed by atoms with Gasteiger partial charge in [0.25, 0.3) is 0 Å². The molecule has 4 heteroatoms. The fourth-order valence-corrected chi connectivity index (χ4v) is 2.35. The SMILES string of the molecule is CCn1cc(CN2CCC(CCl)C2)cn1. The van der Waals surface area contributed by atoms with E-state index in [9.17, 15) is 0 Å². The average Bonchev–Trinajstić information content (AvgIpc) is 2.87. The van der Waals surface area contributed by atoms with E-state index in [2.05, 4.69) is 23.1 Å². The van der Waals surface area contributed by atoms with Crippen LogP contribution in [0.4, 0.5) is 0 Å². The number of hydrogen-bond acceptors (Lipinski definition) is 2. The van der Waals surface area contributed by atoms with Gasteiger partial charge in [-0.25, -0.2) is 0 Å². The number of hydrogen-bond donors (Lipinski definition) is 0. The molecule has 1 aliphatic rings. The highest BCUT2D eigenvalue weighted by atomic mass is 35.5. The van der Waals surface area contributed by atoms with Crippen molar-refractivity contribution in [1.29, 1.82) is 0 Å². The summed E-state index contributed by atoms with van der Waals surface area (Å²) in [6.45, 7) is 6.39. The molecule has 0 saturated carbocycles. The number of likely N-dealkylation sites (tertiary alicyclic amines) is 1. The van der Waals surface area contributed by atoms with Gasteiger partial charge in [0.1, 0.15) is 0 Å². The summed E-state index contributed by atoms with van der Waals surface area (Å²) in [6.07, 6.45) is 5.34. The Balaban J connectivity index is 1.87. The predicted molar refractivity (Wildman–Crippen MR) is 62.0 cm³/mol. The lowest BCUT2D eigenvalue weighted by atomic mass is 10.2. The fraction of sp³-hybridized carbons (Fsp3) is 0.727. The molecular formula is C11H18ClN3. The first-order valence-corrected chi connectivity index (χ1v) is 6.15. The maximum absolute atomic E-state index is 5.86. The molecular weight excluding hydrogens is 210 g/mol. The van der Waals surface area contributed by atoms with Gasteiger partial charge in [0, 0.05) is 37.3 Å². The highest BCUT2D eigenvalue weighted by molar-refractivity contribution is 6.18. The molecule has 0 amide bonds. The quantitative estimate of drug-likeness (QED) is 0.734. The van der Waals surface area contributed by atoms with Crippen LogP contribution in [-0.2, 0) is 13.1 Å². The normalized spacial score (nSPS) is 22.4. The Bertz CT molecular complexity index is 311. The monoisotopic (exact) mass is 227 g/mol. The minimum Gasteiger partial charge on any atom is -0.299 e. The smallest absolute Gasteiger partial charge is 0.0534 e. The molecule has 2 heterocycles. The van der Waals surface area contributed by atoms with Crippen LogP contribution in [0.1, 0.15) is 18.9 Å². The topological polar surface area (TPSA) is 21.1 Å². The summed E-state index contributed by atoms with van der Waals surface area (Å²) in [5, 5.41) is 4.28. The third-order valence-electron chi connectivity index (χ3n) is 3.01. The van der Waals surface area contributed by atoms with Crippen molar-refractivity contribution < 1.29 is 0 Å². The van der Waals surface area contributed by atoms with E-state index in [1.54, 1.807) is 0 Å². The highest BCUT2D eigenvalue weighted by Crippen LogP contribution is 2.19. The van der Waals surface area contributed by atoms with Crippen LogP contribution in [0.25, 0.3) is 0 Å². The third-order valence-corrected chi connectivity index (χ3v) is 3.44. The van der Waals surface area contributed by atoms with Crippen LogP contribution < -0.4 is 0 Å². The second-order valence-corrected chi connectivity index (χ2v) is 4.56. The molecule has 0 N–H and O–H groups in total. The van der Waals surface area contributed by atoms with Gasteiger partial charge in [-0.1, -0.05) is 0 Å². The molecule has 1 aliphatic heterocycles. The Kier molecular flexibility index (Phi) is 3.65. The Hall–Kier alpha value is -0.540. The zero-order chi connectivity index (χ0) is 10.7. The maximum atomic E-state index is 5.86. The lowest BCUT2D eigenvalue weighted by Gasteiger charge is -2.13. The molecule has 2 rings (SSSR count). The molecule has 1 saturated heterocycles. The van der Waals surface area contributed by atoms with Crippen LogP contribution in [0.5, 0.6) is 0 Å². The lowest BCUT2D eigenvalue weighted by molar-refractivity contribution is 0.321. The zero-order valence-corrected chi connectivity index (χ0v) is 9.95. The van der Waals surface area contributed by atoms with E-state index in [0.29, 0.717) is 5.92 Å². The molecule has 1 atom stereocenters. The van der Waals surface area contributed by atoms with Crippen LogP contribution in [0.3, 0.4) is 0 Å². The van der Waals surface area contributed by atoms with Gasteiger partial charge in [0.2, 0.25) is 0 Å². The molecule has 0 radical (unpaired) electrons. The Labute approximate surface area is 96.0 Å². The largest absolute Gasteiger partial charge is 0.299 e. The molecule has 84 valence electrons. The summed E-state index contributed by atoms with van der Waals surface area (Å²) in [6, 6.07) is 0. The number of aromatic nitrogens is 2. The second-order valence-electron chi connectivity index (χ2n) is 4.25. The van der Waals surface area contributed by atoms with Gasteiger partial charge in [0.05, 0.1) is 6.20 Å². The van der Waals surface area contributed by atoms with E-state index in [0.717, 1.165) is 25.5 Å². The number of halogens is 1. The van der Waals surface area contributed by atoms with Gasteiger partial charge in [-0.2, -0.15) is 5.10 Å². The Morgan fingerprint density at radius 2 is 2.47 bits per heavy atom. The molecule has 0 spiro atoms. The van der Waals surface area contributed by atoms with Gasteiger partial charge < -0.3 is 0 Å². The lowest BCUT2D eigenvalue weighted by Crippen LogP contribution is -2.20. The van der Waals surface area contributed by atoms with Crippen molar-refractivity contribution in [3.05, 3.63) is 18.0 Å². The number of nitrogens with zero attached hydrogens (tertiary/aromatic N) is 3. The van der Waals surface area contributed by atoms with Gasteiger partial charge in [-0.05, 0) is 25.8 Å². The van der Waals surface area contributed by atoms with Crippen molar-refractivity contribution in [2.75, 3.05) is 19.0 Å². The second kappa shape index (κ2) is 4.99. The summed E-state index contributed by atoms with van der Waals surface area (Å²) < 4.78 is 1.98. The minimum atomic E-state index is 0.688. The molecule has 0 bridgehead atoms. The zero-order valence-electron chi connectivity index (χ0n) is 9.19. The van der Waals surface area contributed by atoms with E-state index in [1.807, 2.05) is 10.9 Å². The number of aryl methyl sites for hydroxylation is 1. The number of rotatable bonds is 4. The Morgan fingerprint density at radius 1 is 1.60 bits per heavy atom. The van der Waals surface area contributed by atoms with E-state index in [-0.39, 0.29) is 0 Å². The van der Waals surface area contributed by atoms with Crippen molar-refractivity contribution in [2.45, 2.75) is 26.4 Å². The fourth-order valence-electron chi connectivity index (χ4n) is 2.10. The number of alkyl halides is 1. The van der Waals surface area contributed by atoms with E-state index < -0.39 is 0 Å². The van der Waals surface area contributed by atoms with Crippen LogP contribution in [0.15, 0.2) is 12.4 Å². The van der Waals surface area contributed by atoms with Gasteiger partial charge in [-0.15, -0.1) is 11.6 Å². The summed E-state index contributed by atoms with van der Waals surface area (Å²) in [5.41, 5.74) is 1.31. The predicted octanol–water partition coefficient (Wildman–Crippen LogP) is 1.96. The van der Waals surface area contributed by atoms with Crippen LogP contribution in [0, 0.1) is 5.92 Å². The highest BCUT2D eigenvalue weighted by Gasteiger charge is 2.21. The van der Waals surface area contributed by atoms with Crippen molar-refractivity contribution in [3.8, 4) is 0 Å². The summed E-state index contributed by atoms with van der Waals surface area (Å²) in [4.78, 5) is 2.46. The summed E-state index contributed by atoms with van der Waals surface area (Å²) >= 11 is 5.86. The van der Waals surface area contributed by atoms with Crippen LogP contribution in [0.2, 0.25) is 0 Å². The van der Waals surface area contributed by atoms with Crippen molar-refractivity contribution in [3.63, 3.8) is 0 Å². The molecule has 0 aromatic carbocycles. The maximum Gasteiger partial charge on any atom is 0.0534 e. The molecule has 1 aromatic rings. The average molecular weight is 228 g/mol. The molecule has 1 unspecified atom stereocenters. The molecule has 1 fully saturated rings. The Morgan fingerprint density at radius 3 is 3.07 bits per heavy atom. The first-order chi connectivity index (χ1) is 7.31. The first-order valence-electron chi connectivity index (χ1n) is 5.61. The molecule has 3 nitrogen and oxygen atoms in total. The summed E-state index contributed by atoms with van der Waals surface area (Å²) in [7, 11) is 0. The van der Waals surface area contributed by atoms with Crippen molar-refractivity contribution in [2.24, 2.45) is 5.92 Å². The third kappa shape index (κ3) is 2.73. The van der Waals surface area contributed by atoms with E-state index in [1.165, 1.54) is 18.5 Å². The van der Waals surface area contributed by atoms with Gasteiger partial charge in [-0.3, -0.25) is 9.58 Å². The van der Waals surface area contributed by atoms with Crippen molar-refractivity contribution in [1.82, 2.24) is 14.7 Å². The van der Waals surface area contributed by atoms with E-state index >= 15 is 0 Å². The molecule has 15 heavy (non-hydrogen) atoms. The van der Waals surface area contributed by atoms with Crippen molar-refractivity contribution >= 4 is 11.6 Å². The van der Waals surface area contributed by atoms with Gasteiger partial charge in [0.15, 0.2) is 0 Å². The first kappa shape index (κ1) is 11.0. The molecule has 0 aliphatic carbocycles. The van der Waals surface area contributed by atoms with Gasteiger partial charge >= 0.3 is 0 Å². The van der Waals surface area contributed by atoms with Crippen LogP contribution >= 0.6 is 11.6 Å². The molecule has 1 aromatic heterocycles. The van der Waals surface area contributed by atoms with Crippen LogP contribution in [-0.4, -0.2) is 33.6 Å². The minimum absolute atomic E-state index is 0.688. The van der Waals surface area contributed by atoms with E-state index in [4.69, 9.17) is 11.6 Å². The summed E-state index contributed by atoms with van der Waals surface area (Å²) in [5.74, 6) is 1.48. The standard InChI is InChI=1S/C11H18ClN3/c1-2-15-9-11(6-13-15)8-14-4-3-10(5-12)7-14/h6,9-10H,2-5,7-8H2,1H3.